The summed E-state index contributed by atoms with van der Waals surface area (Å²) in [5, 5.41) is 29.7. The summed E-state index contributed by atoms with van der Waals surface area (Å²) in [4.78, 5) is 1.87. The minimum atomic E-state index is -1.14. The van der Waals surface area contributed by atoms with E-state index in [0.29, 0.717) is 26.3 Å². The summed E-state index contributed by atoms with van der Waals surface area (Å²) in [5.74, 6) is 0. The van der Waals surface area contributed by atoms with Gasteiger partial charge in [-0.15, -0.1) is 0 Å². The molecule has 2 heterocycles. The van der Waals surface area contributed by atoms with E-state index in [0.717, 1.165) is 0 Å². The molecule has 7 heteroatoms. The average molecular weight is 248 g/mol. The van der Waals surface area contributed by atoms with Gasteiger partial charge in [0.05, 0.1) is 19.3 Å². The van der Waals surface area contributed by atoms with Crippen LogP contribution in [0.4, 0.5) is 0 Å². The van der Waals surface area contributed by atoms with Gasteiger partial charge in [-0.05, 0) is 0 Å². The van der Waals surface area contributed by atoms with Gasteiger partial charge in [0.2, 0.25) is 0 Å². The first-order valence-corrected chi connectivity index (χ1v) is 5.86. The van der Waals surface area contributed by atoms with E-state index in [1.807, 2.05) is 4.90 Å². The SMILES string of the molecule is NC[C@H]1OC(O)[C@H](N2CCOCC2)[C@@H](O)[C@H]1O. The maximum atomic E-state index is 10.0. The number of hydrogen-bond donors (Lipinski definition) is 4. The third kappa shape index (κ3) is 2.60. The van der Waals surface area contributed by atoms with Crippen molar-refractivity contribution in [2.75, 3.05) is 32.8 Å². The highest BCUT2D eigenvalue weighted by atomic mass is 16.6. The molecule has 0 aromatic heterocycles. The Hall–Kier alpha value is -0.280. The van der Waals surface area contributed by atoms with Gasteiger partial charge in [-0.25, -0.2) is 0 Å². The lowest BCUT2D eigenvalue weighted by atomic mass is 9.95. The molecule has 5 N–H and O–H groups in total. The molecule has 2 aliphatic rings. The number of ether oxygens (including phenoxy) is 2. The number of nitrogens with two attached hydrogens (primary N) is 1. The van der Waals surface area contributed by atoms with Crippen LogP contribution in [0, 0.1) is 0 Å². The van der Waals surface area contributed by atoms with Crippen LogP contribution in [0.3, 0.4) is 0 Å². The predicted octanol–water partition coefficient (Wildman–Crippen LogP) is -2.92. The first-order valence-electron chi connectivity index (χ1n) is 5.86. The predicted molar refractivity (Wildman–Crippen MR) is 58.1 cm³/mol. The lowest BCUT2D eigenvalue weighted by Gasteiger charge is -2.46. The Labute approximate surface area is 99.7 Å². The van der Waals surface area contributed by atoms with Crippen LogP contribution in [0.5, 0.6) is 0 Å². The van der Waals surface area contributed by atoms with Crippen LogP contribution in [0.1, 0.15) is 0 Å². The molecule has 2 rings (SSSR count). The summed E-state index contributed by atoms with van der Waals surface area (Å²) in [6.45, 7) is 2.36. The highest BCUT2D eigenvalue weighted by Crippen LogP contribution is 2.24. The largest absolute Gasteiger partial charge is 0.388 e. The maximum Gasteiger partial charge on any atom is 0.173 e. The van der Waals surface area contributed by atoms with E-state index in [2.05, 4.69) is 0 Å². The molecule has 1 unspecified atom stereocenters. The Morgan fingerprint density at radius 3 is 2.35 bits per heavy atom. The van der Waals surface area contributed by atoms with Crippen molar-refractivity contribution in [1.29, 1.82) is 0 Å². The molecule has 17 heavy (non-hydrogen) atoms. The van der Waals surface area contributed by atoms with E-state index in [-0.39, 0.29) is 6.54 Å². The summed E-state index contributed by atoms with van der Waals surface area (Å²) < 4.78 is 10.4. The molecule has 0 bridgehead atoms. The molecule has 2 saturated heterocycles. The van der Waals surface area contributed by atoms with Crippen molar-refractivity contribution in [3.05, 3.63) is 0 Å². The van der Waals surface area contributed by atoms with Gasteiger partial charge < -0.3 is 30.5 Å². The Kier molecular flexibility index (Phi) is 4.31. The molecule has 0 aliphatic carbocycles. The van der Waals surface area contributed by atoms with Gasteiger partial charge in [0.15, 0.2) is 6.29 Å². The fourth-order valence-corrected chi connectivity index (χ4v) is 2.40. The fourth-order valence-electron chi connectivity index (χ4n) is 2.40. The van der Waals surface area contributed by atoms with Gasteiger partial charge in [-0.2, -0.15) is 0 Å². The lowest BCUT2D eigenvalue weighted by molar-refractivity contribution is -0.267. The van der Waals surface area contributed by atoms with Crippen LogP contribution in [-0.2, 0) is 9.47 Å². The quantitative estimate of drug-likeness (QED) is 0.415. The Morgan fingerprint density at radius 2 is 1.76 bits per heavy atom. The number of aliphatic hydroxyl groups excluding tert-OH is 3. The number of morpholine rings is 1. The van der Waals surface area contributed by atoms with Gasteiger partial charge in [-0.3, -0.25) is 4.90 Å². The van der Waals surface area contributed by atoms with Crippen molar-refractivity contribution in [2.24, 2.45) is 5.73 Å². The van der Waals surface area contributed by atoms with Gasteiger partial charge in [-0.1, -0.05) is 0 Å². The van der Waals surface area contributed by atoms with Crippen LogP contribution in [0.2, 0.25) is 0 Å². The second kappa shape index (κ2) is 5.57. The summed E-state index contributed by atoms with van der Waals surface area (Å²) in [5.41, 5.74) is 5.40. The zero-order chi connectivity index (χ0) is 12.4. The Morgan fingerprint density at radius 1 is 1.12 bits per heavy atom. The van der Waals surface area contributed by atoms with E-state index >= 15 is 0 Å². The standard InChI is InChI=1S/C10H20N2O5/c11-5-6-8(13)9(14)7(10(15)17-6)12-1-3-16-4-2-12/h6-10,13-15H,1-5,11H2/t6-,7-,8+,9-,10?/m1/s1. The normalized spacial score (nSPS) is 44.8. The van der Waals surface area contributed by atoms with Crippen LogP contribution < -0.4 is 5.73 Å². The van der Waals surface area contributed by atoms with E-state index in [9.17, 15) is 15.3 Å². The third-order valence-corrected chi connectivity index (χ3v) is 3.39. The second-order valence-corrected chi connectivity index (χ2v) is 4.42. The van der Waals surface area contributed by atoms with E-state index in [1.165, 1.54) is 0 Å². The highest BCUT2D eigenvalue weighted by Gasteiger charge is 2.46. The molecular weight excluding hydrogens is 228 g/mol. The van der Waals surface area contributed by atoms with Crippen LogP contribution in [0.25, 0.3) is 0 Å². The molecule has 0 aromatic carbocycles. The molecule has 5 atom stereocenters. The van der Waals surface area contributed by atoms with E-state index in [1.54, 1.807) is 0 Å². The van der Waals surface area contributed by atoms with Gasteiger partial charge in [0, 0.05) is 19.6 Å². The van der Waals surface area contributed by atoms with E-state index < -0.39 is 30.6 Å². The van der Waals surface area contributed by atoms with Crippen molar-refractivity contribution in [2.45, 2.75) is 30.6 Å². The Bertz CT molecular complexity index is 249. The number of aliphatic hydroxyl groups is 3. The first kappa shape index (κ1) is 13.2. The van der Waals surface area contributed by atoms with Crippen LogP contribution in [-0.4, -0.2) is 83.7 Å². The number of rotatable bonds is 2. The monoisotopic (exact) mass is 248 g/mol. The third-order valence-electron chi connectivity index (χ3n) is 3.39. The summed E-state index contributed by atoms with van der Waals surface area (Å²) in [6.07, 6.45) is -4.00. The van der Waals surface area contributed by atoms with Gasteiger partial charge in [0.25, 0.3) is 0 Å². The molecule has 2 aliphatic heterocycles. The smallest absolute Gasteiger partial charge is 0.173 e. The molecule has 0 saturated carbocycles. The Balaban J connectivity index is 2.05. The minimum Gasteiger partial charge on any atom is -0.388 e. The second-order valence-electron chi connectivity index (χ2n) is 4.42. The maximum absolute atomic E-state index is 10.0. The van der Waals surface area contributed by atoms with Crippen molar-refractivity contribution in [3.63, 3.8) is 0 Å². The highest BCUT2D eigenvalue weighted by molar-refractivity contribution is 4.94. The number of hydrogen-bond acceptors (Lipinski definition) is 7. The summed E-state index contributed by atoms with van der Waals surface area (Å²) in [6, 6.07) is -0.628. The molecule has 0 radical (unpaired) electrons. The topological polar surface area (TPSA) is 108 Å². The molecule has 0 spiro atoms. The van der Waals surface area contributed by atoms with Gasteiger partial charge in [0.1, 0.15) is 18.3 Å². The minimum absolute atomic E-state index is 0.0606. The summed E-state index contributed by atoms with van der Waals surface area (Å²) >= 11 is 0. The van der Waals surface area contributed by atoms with Crippen LogP contribution in [0.15, 0.2) is 0 Å². The molecule has 100 valence electrons. The van der Waals surface area contributed by atoms with Crippen molar-refractivity contribution in [1.82, 2.24) is 4.90 Å². The van der Waals surface area contributed by atoms with Crippen molar-refractivity contribution >= 4 is 0 Å². The van der Waals surface area contributed by atoms with Crippen molar-refractivity contribution in [3.8, 4) is 0 Å². The summed E-state index contributed by atoms with van der Waals surface area (Å²) in [7, 11) is 0. The van der Waals surface area contributed by atoms with Crippen molar-refractivity contribution < 1.29 is 24.8 Å². The molecule has 0 aromatic rings. The fraction of sp³-hybridized carbons (Fsp3) is 1.00. The number of nitrogens with zero attached hydrogens (tertiary/aromatic N) is 1. The lowest BCUT2D eigenvalue weighted by Crippen LogP contribution is -2.65. The van der Waals surface area contributed by atoms with Gasteiger partial charge >= 0.3 is 0 Å². The molecule has 0 amide bonds. The zero-order valence-corrected chi connectivity index (χ0v) is 9.60. The van der Waals surface area contributed by atoms with E-state index in [4.69, 9.17) is 15.2 Å². The van der Waals surface area contributed by atoms with Crippen LogP contribution >= 0.6 is 0 Å². The molecular formula is C10H20N2O5. The first-order chi connectivity index (χ1) is 8.15. The molecule has 2 fully saturated rings. The zero-order valence-electron chi connectivity index (χ0n) is 9.60. The molecule has 7 nitrogen and oxygen atoms in total. The average Bonchev–Trinajstić information content (AvgIpc) is 2.35.